The maximum absolute atomic E-state index is 12.2. The van der Waals surface area contributed by atoms with E-state index in [1.165, 1.54) is 4.80 Å². The molecule has 22 heavy (non-hydrogen) atoms. The van der Waals surface area contributed by atoms with Gasteiger partial charge in [0.15, 0.2) is 5.78 Å². The highest BCUT2D eigenvalue weighted by Crippen LogP contribution is 2.23. The molecule has 0 aliphatic rings. The maximum atomic E-state index is 12.2. The van der Waals surface area contributed by atoms with E-state index in [4.69, 9.17) is 23.2 Å². The van der Waals surface area contributed by atoms with E-state index in [0.29, 0.717) is 27.0 Å². The van der Waals surface area contributed by atoms with Crippen molar-refractivity contribution in [3.63, 3.8) is 0 Å². The number of rotatable bonds is 4. The van der Waals surface area contributed by atoms with Gasteiger partial charge in [-0.05, 0) is 29.5 Å². The topological polar surface area (TPSA) is 60.7 Å². The SMILES string of the molecule is O=C(Cn1nnc(-c2ccccc2Cl)n1)c1ccccc1Cl. The number of aromatic nitrogens is 4. The number of hydrogen-bond donors (Lipinski definition) is 0. The first-order valence-electron chi connectivity index (χ1n) is 6.45. The number of carbonyl (C=O) groups is 1. The fraction of sp³-hybridized carbons (Fsp3) is 0.0667. The van der Waals surface area contributed by atoms with Crippen molar-refractivity contribution in [2.45, 2.75) is 6.54 Å². The Morgan fingerprint density at radius 2 is 1.68 bits per heavy atom. The van der Waals surface area contributed by atoms with Crippen molar-refractivity contribution in [1.29, 1.82) is 0 Å². The molecule has 5 nitrogen and oxygen atoms in total. The van der Waals surface area contributed by atoms with Gasteiger partial charge in [0.05, 0.1) is 10.0 Å². The van der Waals surface area contributed by atoms with Crippen LogP contribution in [0.3, 0.4) is 0 Å². The molecule has 0 aliphatic heterocycles. The van der Waals surface area contributed by atoms with Crippen molar-refractivity contribution < 1.29 is 4.79 Å². The third kappa shape index (κ3) is 3.00. The first-order chi connectivity index (χ1) is 10.6. The van der Waals surface area contributed by atoms with Crippen LogP contribution in [0.4, 0.5) is 0 Å². The average Bonchev–Trinajstić information content (AvgIpc) is 2.96. The highest BCUT2D eigenvalue weighted by Gasteiger charge is 2.14. The molecule has 0 saturated heterocycles. The summed E-state index contributed by atoms with van der Waals surface area (Å²) in [6, 6.07) is 14.0. The lowest BCUT2D eigenvalue weighted by atomic mass is 10.1. The van der Waals surface area contributed by atoms with Crippen LogP contribution >= 0.6 is 23.2 Å². The summed E-state index contributed by atoms with van der Waals surface area (Å²) >= 11 is 12.1. The fourth-order valence-corrected chi connectivity index (χ4v) is 2.42. The summed E-state index contributed by atoms with van der Waals surface area (Å²) in [6.07, 6.45) is 0. The number of nitrogens with zero attached hydrogens (tertiary/aromatic N) is 4. The molecule has 0 radical (unpaired) electrons. The van der Waals surface area contributed by atoms with Crippen molar-refractivity contribution in [2.24, 2.45) is 0 Å². The number of tetrazole rings is 1. The van der Waals surface area contributed by atoms with E-state index in [1.807, 2.05) is 12.1 Å². The van der Waals surface area contributed by atoms with E-state index in [1.54, 1.807) is 36.4 Å². The summed E-state index contributed by atoms with van der Waals surface area (Å²) in [5, 5.41) is 12.9. The fourth-order valence-electron chi connectivity index (χ4n) is 1.96. The first-order valence-corrected chi connectivity index (χ1v) is 7.21. The van der Waals surface area contributed by atoms with Crippen molar-refractivity contribution >= 4 is 29.0 Å². The summed E-state index contributed by atoms with van der Waals surface area (Å²) < 4.78 is 0. The first kappa shape index (κ1) is 14.7. The van der Waals surface area contributed by atoms with Crippen LogP contribution in [-0.2, 0) is 6.54 Å². The number of benzene rings is 2. The minimum atomic E-state index is -0.186. The third-order valence-electron chi connectivity index (χ3n) is 3.03. The quantitative estimate of drug-likeness (QED) is 0.685. The smallest absolute Gasteiger partial charge is 0.206 e. The minimum absolute atomic E-state index is 0.0405. The second kappa shape index (κ2) is 6.25. The molecule has 2 aromatic carbocycles. The molecule has 0 N–H and O–H groups in total. The van der Waals surface area contributed by atoms with Crippen LogP contribution in [0.2, 0.25) is 10.0 Å². The summed E-state index contributed by atoms with van der Waals surface area (Å²) in [5.41, 5.74) is 1.10. The number of Topliss-reactive ketones (excluding diaryl/α,β-unsaturated/α-hetero) is 1. The molecular formula is C15H10Cl2N4O. The van der Waals surface area contributed by atoms with Gasteiger partial charge in [-0.2, -0.15) is 4.80 Å². The Labute approximate surface area is 136 Å². The lowest BCUT2D eigenvalue weighted by molar-refractivity contribution is 0.0961. The molecule has 0 spiro atoms. The maximum Gasteiger partial charge on any atom is 0.206 e. The highest BCUT2D eigenvalue weighted by atomic mass is 35.5. The molecule has 7 heteroatoms. The van der Waals surface area contributed by atoms with E-state index in [2.05, 4.69) is 15.4 Å². The molecule has 3 aromatic rings. The second-order valence-corrected chi connectivity index (χ2v) is 5.34. The molecule has 110 valence electrons. The van der Waals surface area contributed by atoms with Gasteiger partial charge < -0.3 is 0 Å². The molecule has 0 unspecified atom stereocenters. The van der Waals surface area contributed by atoms with E-state index in [9.17, 15) is 4.79 Å². The molecule has 0 aliphatic carbocycles. The zero-order valence-electron chi connectivity index (χ0n) is 11.3. The molecule has 1 heterocycles. The van der Waals surface area contributed by atoms with Gasteiger partial charge in [-0.3, -0.25) is 4.79 Å². The molecule has 0 saturated carbocycles. The van der Waals surface area contributed by atoms with Gasteiger partial charge in [0.1, 0.15) is 6.54 Å². The standard InChI is InChI=1S/C15H10Cl2N4O/c16-12-7-3-1-5-10(12)14(22)9-21-19-15(18-20-21)11-6-2-4-8-13(11)17/h1-8H,9H2. The zero-order valence-corrected chi connectivity index (χ0v) is 12.8. The van der Waals surface area contributed by atoms with Crippen LogP contribution in [0.25, 0.3) is 11.4 Å². The van der Waals surface area contributed by atoms with Crippen molar-refractivity contribution in [3.8, 4) is 11.4 Å². The van der Waals surface area contributed by atoms with Crippen LogP contribution in [0.5, 0.6) is 0 Å². The van der Waals surface area contributed by atoms with E-state index < -0.39 is 0 Å². The number of ketones is 1. The van der Waals surface area contributed by atoms with Crippen LogP contribution in [0, 0.1) is 0 Å². The van der Waals surface area contributed by atoms with Gasteiger partial charge in [0.25, 0.3) is 0 Å². The zero-order chi connectivity index (χ0) is 15.5. The lowest BCUT2D eigenvalue weighted by Crippen LogP contribution is -2.13. The number of hydrogen-bond acceptors (Lipinski definition) is 4. The Bertz CT molecular complexity index is 832. The summed E-state index contributed by atoms with van der Waals surface area (Å²) in [7, 11) is 0. The molecular weight excluding hydrogens is 323 g/mol. The molecule has 0 atom stereocenters. The summed E-state index contributed by atoms with van der Waals surface area (Å²) in [6.45, 7) is -0.0405. The van der Waals surface area contributed by atoms with Gasteiger partial charge in [0, 0.05) is 11.1 Å². The summed E-state index contributed by atoms with van der Waals surface area (Å²) in [5.74, 6) is 0.186. The predicted molar refractivity (Wildman–Crippen MR) is 84.0 cm³/mol. The Morgan fingerprint density at radius 1 is 1.00 bits per heavy atom. The van der Waals surface area contributed by atoms with E-state index >= 15 is 0 Å². The summed E-state index contributed by atoms with van der Waals surface area (Å²) in [4.78, 5) is 13.4. The Balaban J connectivity index is 1.82. The Hall–Kier alpha value is -2.24. The van der Waals surface area contributed by atoms with Crippen LogP contribution in [0.15, 0.2) is 48.5 Å². The lowest BCUT2D eigenvalue weighted by Gasteiger charge is -2.02. The number of halogens is 2. The van der Waals surface area contributed by atoms with Gasteiger partial charge in [-0.25, -0.2) is 0 Å². The van der Waals surface area contributed by atoms with Crippen molar-refractivity contribution in [2.75, 3.05) is 0 Å². The van der Waals surface area contributed by atoms with Crippen molar-refractivity contribution in [3.05, 3.63) is 64.1 Å². The van der Waals surface area contributed by atoms with Gasteiger partial charge in [-0.15, -0.1) is 10.2 Å². The minimum Gasteiger partial charge on any atom is -0.292 e. The van der Waals surface area contributed by atoms with Gasteiger partial charge >= 0.3 is 0 Å². The van der Waals surface area contributed by atoms with Crippen LogP contribution in [-0.4, -0.2) is 26.0 Å². The largest absolute Gasteiger partial charge is 0.292 e. The van der Waals surface area contributed by atoms with Gasteiger partial charge in [0.2, 0.25) is 5.82 Å². The average molecular weight is 333 g/mol. The second-order valence-electron chi connectivity index (χ2n) is 4.53. The van der Waals surface area contributed by atoms with Crippen LogP contribution < -0.4 is 0 Å². The Morgan fingerprint density at radius 3 is 2.41 bits per heavy atom. The van der Waals surface area contributed by atoms with E-state index in [0.717, 1.165) is 0 Å². The van der Waals surface area contributed by atoms with Crippen molar-refractivity contribution in [1.82, 2.24) is 20.2 Å². The molecule has 0 fully saturated rings. The monoisotopic (exact) mass is 332 g/mol. The predicted octanol–water partition coefficient (Wildman–Crippen LogP) is 3.53. The Kier molecular flexibility index (Phi) is 4.18. The normalized spacial score (nSPS) is 10.6. The molecule has 0 amide bonds. The molecule has 0 bridgehead atoms. The van der Waals surface area contributed by atoms with Gasteiger partial charge in [-0.1, -0.05) is 47.5 Å². The number of carbonyl (C=O) groups excluding carboxylic acids is 1. The van der Waals surface area contributed by atoms with Crippen LogP contribution in [0.1, 0.15) is 10.4 Å². The van der Waals surface area contributed by atoms with E-state index in [-0.39, 0.29) is 12.3 Å². The third-order valence-corrected chi connectivity index (χ3v) is 3.69. The highest BCUT2D eigenvalue weighted by molar-refractivity contribution is 6.34. The molecule has 1 aromatic heterocycles. The molecule has 3 rings (SSSR count).